The molecule has 2 aromatic heterocycles. The molecule has 5 rings (SSSR count). The zero-order chi connectivity index (χ0) is 27.1. The molecule has 0 saturated carbocycles. The van der Waals surface area contributed by atoms with Gasteiger partial charge in [-0.1, -0.05) is 35.6 Å². The lowest BCUT2D eigenvalue weighted by atomic mass is 9.94. The van der Waals surface area contributed by atoms with E-state index >= 15 is 0 Å². The molecular formula is C28H28N4O5S. The highest BCUT2D eigenvalue weighted by Gasteiger charge is 2.44. The van der Waals surface area contributed by atoms with Gasteiger partial charge in [0.1, 0.15) is 0 Å². The average molecular weight is 533 g/mol. The van der Waals surface area contributed by atoms with Crippen molar-refractivity contribution in [3.05, 3.63) is 81.6 Å². The molecule has 0 fully saturated rings. The molecule has 1 N–H and O–H groups in total. The van der Waals surface area contributed by atoms with Crippen LogP contribution in [0.3, 0.4) is 0 Å². The second-order valence-corrected chi connectivity index (χ2v) is 10.5. The van der Waals surface area contributed by atoms with Gasteiger partial charge in [0.25, 0.3) is 5.91 Å². The number of ketones is 1. The van der Waals surface area contributed by atoms with Crippen molar-refractivity contribution in [2.24, 2.45) is 0 Å². The highest BCUT2D eigenvalue weighted by atomic mass is 32.1. The number of carbonyl (C=O) groups excluding carboxylic acids is 3. The number of esters is 1. The third-order valence-corrected chi connectivity index (χ3v) is 7.94. The number of benzene rings is 2. The third-order valence-electron chi connectivity index (χ3n) is 6.79. The number of aliphatic hydroxyl groups excluding tert-OH is 1. The van der Waals surface area contributed by atoms with Crippen molar-refractivity contribution >= 4 is 45.0 Å². The molecule has 38 heavy (non-hydrogen) atoms. The lowest BCUT2D eigenvalue weighted by Gasteiger charge is -2.27. The first kappa shape index (κ1) is 25.6. The van der Waals surface area contributed by atoms with Gasteiger partial charge in [0.2, 0.25) is 5.78 Å². The van der Waals surface area contributed by atoms with E-state index in [-0.39, 0.29) is 5.57 Å². The van der Waals surface area contributed by atoms with Gasteiger partial charge in [-0.05, 0) is 63.8 Å². The van der Waals surface area contributed by atoms with E-state index in [1.807, 2.05) is 54.6 Å². The number of amides is 1. The first-order valence-electron chi connectivity index (χ1n) is 12.2. The fourth-order valence-electron chi connectivity index (χ4n) is 4.94. The van der Waals surface area contributed by atoms with Gasteiger partial charge in [0, 0.05) is 12.2 Å². The van der Waals surface area contributed by atoms with Crippen molar-refractivity contribution < 1.29 is 24.2 Å². The molecule has 0 saturated heterocycles. The molecule has 0 spiro atoms. The summed E-state index contributed by atoms with van der Waals surface area (Å²) in [6.45, 7) is 2.92. The molecular weight excluding hydrogens is 504 g/mol. The lowest BCUT2D eigenvalue weighted by Crippen LogP contribution is -2.33. The van der Waals surface area contributed by atoms with E-state index in [0.29, 0.717) is 39.6 Å². The maximum absolute atomic E-state index is 14.1. The highest BCUT2D eigenvalue weighted by molar-refractivity contribution is 7.19. The number of rotatable bonds is 8. The molecule has 1 unspecified atom stereocenters. The van der Waals surface area contributed by atoms with Gasteiger partial charge >= 0.3 is 5.97 Å². The minimum absolute atomic E-state index is 0.0302. The van der Waals surface area contributed by atoms with E-state index in [2.05, 4.69) is 4.98 Å². The van der Waals surface area contributed by atoms with E-state index in [4.69, 9.17) is 4.74 Å². The van der Waals surface area contributed by atoms with Gasteiger partial charge in [-0.2, -0.15) is 0 Å². The fraction of sp³-hybridized carbons (Fsp3) is 0.286. The smallest absolute Gasteiger partial charge is 0.337 e. The molecule has 9 nitrogen and oxygen atoms in total. The predicted molar refractivity (Wildman–Crippen MR) is 145 cm³/mol. The van der Waals surface area contributed by atoms with E-state index < -0.39 is 29.5 Å². The molecule has 10 heteroatoms. The summed E-state index contributed by atoms with van der Waals surface area (Å²) < 4.78 is 6.72. The van der Waals surface area contributed by atoms with Crippen LogP contribution in [0.1, 0.15) is 43.7 Å². The van der Waals surface area contributed by atoms with Crippen LogP contribution < -0.4 is 0 Å². The fourth-order valence-corrected chi connectivity index (χ4v) is 6.03. The van der Waals surface area contributed by atoms with Gasteiger partial charge < -0.3 is 19.6 Å². The molecule has 1 amide bonds. The van der Waals surface area contributed by atoms with Crippen LogP contribution in [0.5, 0.6) is 0 Å². The van der Waals surface area contributed by atoms with Crippen molar-refractivity contribution in [3.63, 3.8) is 0 Å². The number of aromatic nitrogens is 2. The first-order chi connectivity index (χ1) is 18.2. The van der Waals surface area contributed by atoms with Crippen LogP contribution in [-0.2, 0) is 9.53 Å². The Balaban J connectivity index is 1.58. The molecule has 1 aliphatic heterocycles. The Labute approximate surface area is 223 Å². The lowest BCUT2D eigenvalue weighted by molar-refractivity contribution is -0.129. The Morgan fingerprint density at radius 2 is 1.84 bits per heavy atom. The number of hydrogen-bond acceptors (Lipinski definition) is 8. The van der Waals surface area contributed by atoms with E-state index in [9.17, 15) is 19.5 Å². The van der Waals surface area contributed by atoms with Gasteiger partial charge in [0.15, 0.2) is 10.7 Å². The molecule has 0 aliphatic carbocycles. The molecule has 1 aliphatic rings. The van der Waals surface area contributed by atoms with Crippen molar-refractivity contribution in [3.8, 4) is 0 Å². The number of fused-ring (bicyclic) bond motifs is 3. The maximum Gasteiger partial charge on any atom is 0.337 e. The zero-order valence-electron chi connectivity index (χ0n) is 21.6. The van der Waals surface area contributed by atoms with E-state index in [1.165, 1.54) is 23.3 Å². The van der Waals surface area contributed by atoms with Crippen LogP contribution in [-0.4, -0.2) is 76.2 Å². The summed E-state index contributed by atoms with van der Waals surface area (Å²) in [6.07, 6.45) is 0.655. The van der Waals surface area contributed by atoms with Gasteiger partial charge in [-0.15, -0.1) is 0 Å². The number of methoxy groups -OCH3 is 1. The van der Waals surface area contributed by atoms with Crippen LogP contribution in [0.4, 0.5) is 0 Å². The second-order valence-electron chi connectivity index (χ2n) is 9.50. The van der Waals surface area contributed by atoms with E-state index in [1.54, 1.807) is 24.3 Å². The molecule has 1 atom stereocenters. The minimum Gasteiger partial charge on any atom is -0.503 e. The number of para-hydroxylation sites is 2. The Bertz CT molecular complexity index is 1600. The number of aryl methyl sites for hydroxylation is 1. The summed E-state index contributed by atoms with van der Waals surface area (Å²) in [5.74, 6) is -2.03. The van der Waals surface area contributed by atoms with Crippen LogP contribution in [0.25, 0.3) is 16.0 Å². The Morgan fingerprint density at radius 1 is 1.13 bits per heavy atom. The Morgan fingerprint density at radius 3 is 2.53 bits per heavy atom. The number of ether oxygens (including phenoxy) is 1. The number of carbonyl (C=O) groups is 3. The summed E-state index contributed by atoms with van der Waals surface area (Å²) in [6, 6.07) is 13.5. The van der Waals surface area contributed by atoms with Crippen LogP contribution in [0, 0.1) is 6.92 Å². The largest absolute Gasteiger partial charge is 0.503 e. The second kappa shape index (κ2) is 10.0. The van der Waals surface area contributed by atoms with Crippen LogP contribution in [0.2, 0.25) is 0 Å². The van der Waals surface area contributed by atoms with Crippen molar-refractivity contribution in [2.45, 2.75) is 19.4 Å². The predicted octanol–water partition coefficient (Wildman–Crippen LogP) is 4.17. The Hall–Kier alpha value is -4.02. The standard InChI is InChI=1S/C28H28N4O5S/c1-16-25(38-28-29-19-8-5-6-9-20(19)32(16)28)23(33)21-22(17-10-12-18(13-11-17)27(36)37-4)31(26(35)24(21)34)15-7-14-30(2)3/h5-6,8-13,22,34H,7,14-15H2,1-4H3. The average Bonchev–Trinajstić information content (AvgIpc) is 3.52. The van der Waals surface area contributed by atoms with Crippen LogP contribution in [0.15, 0.2) is 59.9 Å². The summed E-state index contributed by atoms with van der Waals surface area (Å²) >= 11 is 1.24. The molecule has 0 radical (unpaired) electrons. The van der Waals surface area contributed by atoms with Gasteiger partial charge in [-0.25, -0.2) is 9.78 Å². The maximum atomic E-state index is 14.1. The summed E-state index contributed by atoms with van der Waals surface area (Å²) in [7, 11) is 5.19. The first-order valence-corrected chi connectivity index (χ1v) is 13.0. The third kappa shape index (κ3) is 4.25. The van der Waals surface area contributed by atoms with Gasteiger partial charge in [-0.3, -0.25) is 14.0 Å². The van der Waals surface area contributed by atoms with Gasteiger partial charge in [0.05, 0.1) is 40.2 Å². The number of aliphatic hydroxyl groups is 1. The normalized spacial score (nSPS) is 15.9. The molecule has 2 aromatic carbocycles. The SMILES string of the molecule is COC(=O)c1ccc(C2C(C(=O)c3sc4nc5ccccc5n4c3C)=C(O)C(=O)N2CCCN(C)C)cc1. The summed E-state index contributed by atoms with van der Waals surface area (Å²) in [5.41, 5.74) is 3.41. The summed E-state index contributed by atoms with van der Waals surface area (Å²) in [4.78, 5) is 48.6. The number of Topliss-reactive ketones (excluding diaryl/α,β-unsaturated/α-hetero) is 1. The zero-order valence-corrected chi connectivity index (χ0v) is 22.4. The monoisotopic (exact) mass is 532 g/mol. The van der Waals surface area contributed by atoms with E-state index in [0.717, 1.165) is 17.6 Å². The van der Waals surface area contributed by atoms with Crippen LogP contribution >= 0.6 is 11.3 Å². The number of hydrogen-bond donors (Lipinski definition) is 1. The number of nitrogens with zero attached hydrogens (tertiary/aromatic N) is 4. The Kier molecular flexibility index (Phi) is 6.77. The van der Waals surface area contributed by atoms with Crippen molar-refractivity contribution in [1.82, 2.24) is 19.2 Å². The number of thiazole rings is 1. The number of imidazole rings is 1. The van der Waals surface area contributed by atoms with Crippen molar-refractivity contribution in [1.29, 1.82) is 0 Å². The highest BCUT2D eigenvalue weighted by Crippen LogP contribution is 2.41. The molecule has 3 heterocycles. The quantitative estimate of drug-likeness (QED) is 0.268. The topological polar surface area (TPSA) is 104 Å². The minimum atomic E-state index is -0.797. The molecule has 0 bridgehead atoms. The molecule has 4 aromatic rings. The molecule has 196 valence electrons. The summed E-state index contributed by atoms with van der Waals surface area (Å²) in [5, 5.41) is 11.0. The van der Waals surface area contributed by atoms with Crippen molar-refractivity contribution in [2.75, 3.05) is 34.3 Å².